The van der Waals surface area contributed by atoms with Crippen LogP contribution in [-0.2, 0) is 9.53 Å². The second-order valence-corrected chi connectivity index (χ2v) is 4.19. The van der Waals surface area contributed by atoms with Crippen molar-refractivity contribution >= 4 is 21.9 Å². The van der Waals surface area contributed by atoms with E-state index in [2.05, 4.69) is 20.7 Å². The lowest BCUT2D eigenvalue weighted by Crippen LogP contribution is -2.17. The van der Waals surface area contributed by atoms with Crippen LogP contribution in [0, 0.1) is 0 Å². The fourth-order valence-electron chi connectivity index (χ4n) is 1.37. The summed E-state index contributed by atoms with van der Waals surface area (Å²) in [4.78, 5) is 11.1. The SMILES string of the molecule is COC(=O)C[C@@H](N)c1cc(Br)ccc1OC. The van der Waals surface area contributed by atoms with Crippen LogP contribution in [0.1, 0.15) is 18.0 Å². The van der Waals surface area contributed by atoms with E-state index >= 15 is 0 Å². The minimum atomic E-state index is -0.431. The van der Waals surface area contributed by atoms with Crippen molar-refractivity contribution in [3.63, 3.8) is 0 Å². The normalized spacial score (nSPS) is 12.0. The lowest BCUT2D eigenvalue weighted by Gasteiger charge is -2.15. The molecule has 0 aliphatic carbocycles. The molecule has 0 aliphatic rings. The Morgan fingerprint density at radius 3 is 2.75 bits per heavy atom. The van der Waals surface area contributed by atoms with Crippen molar-refractivity contribution < 1.29 is 14.3 Å². The molecule has 0 fully saturated rings. The van der Waals surface area contributed by atoms with Crippen molar-refractivity contribution in [2.75, 3.05) is 14.2 Å². The molecular weight excluding hydrogens is 274 g/mol. The van der Waals surface area contributed by atoms with Crippen molar-refractivity contribution in [3.8, 4) is 5.75 Å². The van der Waals surface area contributed by atoms with Gasteiger partial charge in [0.25, 0.3) is 0 Å². The van der Waals surface area contributed by atoms with E-state index in [0.717, 1.165) is 10.0 Å². The summed E-state index contributed by atoms with van der Waals surface area (Å²) in [6.45, 7) is 0. The second kappa shape index (κ2) is 5.86. The number of esters is 1. The zero-order valence-electron chi connectivity index (χ0n) is 9.20. The third-order valence-electron chi connectivity index (χ3n) is 2.21. The standard InChI is InChI=1S/C11H14BrNO3/c1-15-10-4-3-7(12)5-8(10)9(13)6-11(14)16-2/h3-5,9H,6,13H2,1-2H3/t9-/m1/s1. The molecule has 5 heteroatoms. The van der Waals surface area contributed by atoms with Crippen LogP contribution < -0.4 is 10.5 Å². The number of rotatable bonds is 4. The Kier molecular flexibility index (Phi) is 4.76. The summed E-state index contributed by atoms with van der Waals surface area (Å²) in [6.07, 6.45) is 0.128. The number of carbonyl (C=O) groups excluding carboxylic acids is 1. The van der Waals surface area contributed by atoms with Gasteiger partial charge in [0.15, 0.2) is 0 Å². The summed E-state index contributed by atoms with van der Waals surface area (Å²) in [5, 5.41) is 0. The quantitative estimate of drug-likeness (QED) is 0.861. The van der Waals surface area contributed by atoms with Gasteiger partial charge in [-0.05, 0) is 18.2 Å². The van der Waals surface area contributed by atoms with E-state index in [4.69, 9.17) is 10.5 Å². The molecule has 2 N–H and O–H groups in total. The van der Waals surface area contributed by atoms with E-state index in [9.17, 15) is 4.79 Å². The molecule has 0 spiro atoms. The molecule has 0 heterocycles. The predicted molar refractivity (Wildman–Crippen MR) is 64.3 cm³/mol. The molecule has 1 aromatic carbocycles. The van der Waals surface area contributed by atoms with Gasteiger partial charge in [0.2, 0.25) is 0 Å². The molecule has 88 valence electrons. The number of benzene rings is 1. The molecule has 1 aromatic rings. The van der Waals surface area contributed by atoms with Gasteiger partial charge in [0.05, 0.1) is 20.6 Å². The average molecular weight is 288 g/mol. The van der Waals surface area contributed by atoms with Crippen LogP contribution in [0.2, 0.25) is 0 Å². The van der Waals surface area contributed by atoms with Gasteiger partial charge in [-0.2, -0.15) is 0 Å². The van der Waals surface area contributed by atoms with Gasteiger partial charge in [0.1, 0.15) is 5.75 Å². The number of hydrogen-bond acceptors (Lipinski definition) is 4. The molecular formula is C11H14BrNO3. The third-order valence-corrected chi connectivity index (χ3v) is 2.70. The average Bonchev–Trinajstić information content (AvgIpc) is 2.28. The minimum Gasteiger partial charge on any atom is -0.496 e. The van der Waals surface area contributed by atoms with Crippen LogP contribution >= 0.6 is 15.9 Å². The molecule has 0 saturated heterocycles. The van der Waals surface area contributed by atoms with E-state index < -0.39 is 6.04 Å². The van der Waals surface area contributed by atoms with Gasteiger partial charge in [-0.25, -0.2) is 0 Å². The monoisotopic (exact) mass is 287 g/mol. The Labute approximate surface area is 103 Å². The predicted octanol–water partition coefficient (Wildman–Crippen LogP) is 2.02. The van der Waals surface area contributed by atoms with Crippen LogP contribution in [0.5, 0.6) is 5.75 Å². The van der Waals surface area contributed by atoms with Crippen molar-refractivity contribution in [2.24, 2.45) is 5.73 Å². The number of methoxy groups -OCH3 is 2. The van der Waals surface area contributed by atoms with Gasteiger partial charge in [-0.3, -0.25) is 4.79 Å². The van der Waals surface area contributed by atoms with Gasteiger partial charge < -0.3 is 15.2 Å². The maximum Gasteiger partial charge on any atom is 0.307 e. The Morgan fingerprint density at radius 1 is 1.50 bits per heavy atom. The molecule has 0 aliphatic heterocycles. The molecule has 4 nitrogen and oxygen atoms in total. The fraction of sp³-hybridized carbons (Fsp3) is 0.364. The lowest BCUT2D eigenvalue weighted by molar-refractivity contribution is -0.141. The van der Waals surface area contributed by atoms with Crippen molar-refractivity contribution in [2.45, 2.75) is 12.5 Å². The largest absolute Gasteiger partial charge is 0.496 e. The number of nitrogens with two attached hydrogens (primary N) is 1. The molecule has 1 rings (SSSR count). The molecule has 0 unspecified atom stereocenters. The summed E-state index contributed by atoms with van der Waals surface area (Å²) in [5.74, 6) is 0.328. The first-order chi connectivity index (χ1) is 7.58. The highest BCUT2D eigenvalue weighted by Gasteiger charge is 2.16. The minimum absolute atomic E-state index is 0.128. The summed E-state index contributed by atoms with van der Waals surface area (Å²) in [6, 6.07) is 5.07. The maximum absolute atomic E-state index is 11.1. The highest BCUT2D eigenvalue weighted by Crippen LogP contribution is 2.28. The summed E-state index contributed by atoms with van der Waals surface area (Å²) in [5.41, 5.74) is 6.69. The Morgan fingerprint density at radius 2 is 2.19 bits per heavy atom. The van der Waals surface area contributed by atoms with E-state index in [1.807, 2.05) is 12.1 Å². The fourth-order valence-corrected chi connectivity index (χ4v) is 1.75. The van der Waals surface area contributed by atoms with E-state index in [1.54, 1.807) is 13.2 Å². The Bertz CT molecular complexity index is 381. The summed E-state index contributed by atoms with van der Waals surface area (Å²) >= 11 is 3.35. The Hall–Kier alpha value is -1.07. The first-order valence-electron chi connectivity index (χ1n) is 4.74. The zero-order chi connectivity index (χ0) is 12.1. The smallest absolute Gasteiger partial charge is 0.307 e. The third kappa shape index (κ3) is 3.21. The number of hydrogen-bond donors (Lipinski definition) is 1. The molecule has 0 saturated carbocycles. The highest BCUT2D eigenvalue weighted by atomic mass is 79.9. The van der Waals surface area contributed by atoms with Gasteiger partial charge >= 0.3 is 5.97 Å². The lowest BCUT2D eigenvalue weighted by atomic mass is 10.0. The molecule has 0 bridgehead atoms. The van der Waals surface area contributed by atoms with Crippen molar-refractivity contribution in [1.82, 2.24) is 0 Å². The van der Waals surface area contributed by atoms with Gasteiger partial charge in [0, 0.05) is 16.1 Å². The highest BCUT2D eigenvalue weighted by molar-refractivity contribution is 9.10. The van der Waals surface area contributed by atoms with Crippen LogP contribution in [-0.4, -0.2) is 20.2 Å². The summed E-state index contributed by atoms with van der Waals surface area (Å²) < 4.78 is 10.7. The summed E-state index contributed by atoms with van der Waals surface area (Å²) in [7, 11) is 2.91. The first kappa shape index (κ1) is 13.0. The number of halogens is 1. The van der Waals surface area contributed by atoms with Crippen LogP contribution in [0.4, 0.5) is 0 Å². The number of carbonyl (C=O) groups is 1. The van der Waals surface area contributed by atoms with Crippen molar-refractivity contribution in [1.29, 1.82) is 0 Å². The molecule has 16 heavy (non-hydrogen) atoms. The molecule has 0 aromatic heterocycles. The Balaban J connectivity index is 2.92. The first-order valence-corrected chi connectivity index (χ1v) is 5.53. The van der Waals surface area contributed by atoms with Crippen LogP contribution in [0.15, 0.2) is 22.7 Å². The van der Waals surface area contributed by atoms with Crippen molar-refractivity contribution in [3.05, 3.63) is 28.2 Å². The second-order valence-electron chi connectivity index (χ2n) is 3.27. The molecule has 0 radical (unpaired) electrons. The topological polar surface area (TPSA) is 61.5 Å². The maximum atomic E-state index is 11.1. The van der Waals surface area contributed by atoms with Gasteiger partial charge in [-0.1, -0.05) is 15.9 Å². The van der Waals surface area contributed by atoms with E-state index in [-0.39, 0.29) is 12.4 Å². The van der Waals surface area contributed by atoms with E-state index in [1.165, 1.54) is 7.11 Å². The molecule has 1 atom stereocenters. The zero-order valence-corrected chi connectivity index (χ0v) is 10.8. The van der Waals surface area contributed by atoms with E-state index in [0.29, 0.717) is 5.75 Å². The van der Waals surface area contributed by atoms with Crippen LogP contribution in [0.25, 0.3) is 0 Å². The van der Waals surface area contributed by atoms with Crippen LogP contribution in [0.3, 0.4) is 0 Å². The van der Waals surface area contributed by atoms with Gasteiger partial charge in [-0.15, -0.1) is 0 Å². The molecule has 0 amide bonds. The number of ether oxygens (including phenoxy) is 2.